The van der Waals surface area contributed by atoms with E-state index < -0.39 is 0 Å². The smallest absolute Gasteiger partial charge is 0.271 e. The van der Waals surface area contributed by atoms with Crippen LogP contribution in [0, 0.1) is 0 Å². The summed E-state index contributed by atoms with van der Waals surface area (Å²) in [5.41, 5.74) is 2.04. The second-order valence-electron chi connectivity index (χ2n) is 7.03. The molecule has 0 saturated carbocycles. The maximum absolute atomic E-state index is 12.9. The van der Waals surface area contributed by atoms with Crippen molar-refractivity contribution in [3.05, 3.63) is 54.5 Å². The molecule has 1 N–H and O–H groups in total. The summed E-state index contributed by atoms with van der Waals surface area (Å²) in [7, 11) is 0. The maximum atomic E-state index is 12.9. The average Bonchev–Trinajstić information content (AvgIpc) is 3.44. The van der Waals surface area contributed by atoms with Crippen LogP contribution in [0.1, 0.15) is 23.3 Å². The lowest BCUT2D eigenvalue weighted by Crippen LogP contribution is -2.41. The number of rotatable bonds is 4. The van der Waals surface area contributed by atoms with Gasteiger partial charge in [0.1, 0.15) is 17.5 Å². The van der Waals surface area contributed by atoms with Crippen molar-refractivity contribution in [3.8, 4) is 28.5 Å². The molecule has 1 amide bonds. The van der Waals surface area contributed by atoms with Crippen molar-refractivity contribution in [2.24, 2.45) is 0 Å². The molecule has 1 aromatic carbocycles. The molecule has 148 valence electrons. The molecule has 2 aliphatic heterocycles. The number of fused-ring (bicyclic) bond motifs is 1. The Morgan fingerprint density at radius 1 is 1.14 bits per heavy atom. The third-order valence-electron chi connectivity index (χ3n) is 5.14. The van der Waals surface area contributed by atoms with Gasteiger partial charge in [-0.25, -0.2) is 0 Å². The largest absolute Gasteiger partial charge is 0.489 e. The van der Waals surface area contributed by atoms with Gasteiger partial charge < -0.3 is 19.1 Å². The van der Waals surface area contributed by atoms with Crippen LogP contribution < -0.4 is 14.2 Å². The zero-order chi connectivity index (χ0) is 19.6. The number of piperidine rings is 1. The number of hydrogen-bond acceptors (Lipinski definition) is 6. The number of nitrogens with zero attached hydrogens (tertiary/aromatic N) is 3. The fraction of sp³-hybridized carbons (Fsp3) is 0.286. The van der Waals surface area contributed by atoms with Crippen LogP contribution in [-0.2, 0) is 0 Å². The Balaban J connectivity index is 1.22. The Kier molecular flexibility index (Phi) is 4.51. The second-order valence-corrected chi connectivity index (χ2v) is 7.03. The van der Waals surface area contributed by atoms with Crippen LogP contribution in [0.2, 0.25) is 0 Å². The van der Waals surface area contributed by atoms with E-state index in [-0.39, 0.29) is 18.8 Å². The van der Waals surface area contributed by atoms with Crippen molar-refractivity contribution >= 4 is 5.91 Å². The predicted molar refractivity (Wildman–Crippen MR) is 104 cm³/mol. The maximum Gasteiger partial charge on any atom is 0.271 e. The van der Waals surface area contributed by atoms with Gasteiger partial charge in [-0.15, -0.1) is 0 Å². The van der Waals surface area contributed by atoms with Crippen LogP contribution in [-0.4, -0.2) is 52.0 Å². The Labute approximate surface area is 167 Å². The summed E-state index contributed by atoms with van der Waals surface area (Å²) in [6.45, 7) is 1.51. The highest BCUT2D eigenvalue weighted by Gasteiger charge is 2.26. The zero-order valence-electron chi connectivity index (χ0n) is 15.7. The minimum absolute atomic E-state index is 0.0516. The van der Waals surface area contributed by atoms with Gasteiger partial charge >= 0.3 is 0 Å². The minimum Gasteiger partial charge on any atom is -0.489 e. The number of carbonyl (C=O) groups excluding carboxylic acids is 1. The molecule has 8 heteroatoms. The van der Waals surface area contributed by atoms with E-state index in [1.807, 2.05) is 35.2 Å². The molecule has 2 aliphatic rings. The van der Waals surface area contributed by atoms with Gasteiger partial charge in [-0.05, 0) is 36.4 Å². The van der Waals surface area contributed by atoms with Crippen LogP contribution in [0.25, 0.3) is 11.3 Å². The molecule has 0 aliphatic carbocycles. The number of aromatic amines is 1. The molecule has 0 bridgehead atoms. The van der Waals surface area contributed by atoms with Crippen LogP contribution >= 0.6 is 0 Å². The van der Waals surface area contributed by atoms with Crippen LogP contribution in [0.5, 0.6) is 17.2 Å². The molecule has 1 fully saturated rings. The number of amides is 1. The van der Waals surface area contributed by atoms with Gasteiger partial charge in [0.05, 0.1) is 11.9 Å². The molecular formula is C21H20N4O4. The van der Waals surface area contributed by atoms with Gasteiger partial charge in [0.2, 0.25) is 6.79 Å². The SMILES string of the molecule is O=C(c1cc(-c2ccc3c(c2)OCO3)n[nH]1)N1CCC(Oc2cccnc2)CC1. The van der Waals surface area contributed by atoms with E-state index in [4.69, 9.17) is 14.2 Å². The Hall–Kier alpha value is -3.55. The first kappa shape index (κ1) is 17.5. The van der Waals surface area contributed by atoms with Crippen LogP contribution in [0.15, 0.2) is 48.8 Å². The van der Waals surface area contributed by atoms with E-state index in [0.717, 1.165) is 29.9 Å². The zero-order valence-corrected chi connectivity index (χ0v) is 15.7. The van der Waals surface area contributed by atoms with E-state index in [2.05, 4.69) is 15.2 Å². The molecular weight excluding hydrogens is 372 g/mol. The third kappa shape index (κ3) is 3.61. The van der Waals surface area contributed by atoms with Gasteiger partial charge in [0, 0.05) is 37.7 Å². The van der Waals surface area contributed by atoms with Crippen molar-refractivity contribution in [3.63, 3.8) is 0 Å². The van der Waals surface area contributed by atoms with Gasteiger partial charge in [-0.2, -0.15) is 5.10 Å². The van der Waals surface area contributed by atoms with Crippen molar-refractivity contribution in [2.75, 3.05) is 19.9 Å². The first-order valence-electron chi connectivity index (χ1n) is 9.58. The summed E-state index contributed by atoms with van der Waals surface area (Å²) in [5, 5.41) is 7.17. The first-order chi connectivity index (χ1) is 14.3. The van der Waals surface area contributed by atoms with Crippen molar-refractivity contribution < 1.29 is 19.0 Å². The minimum atomic E-state index is -0.0516. The van der Waals surface area contributed by atoms with Gasteiger partial charge in [-0.3, -0.25) is 14.9 Å². The normalized spacial score (nSPS) is 16.1. The van der Waals surface area contributed by atoms with Crippen molar-refractivity contribution in [1.82, 2.24) is 20.1 Å². The quantitative estimate of drug-likeness (QED) is 0.734. The molecule has 4 heterocycles. The number of H-pyrrole nitrogens is 1. The molecule has 5 rings (SSSR count). The summed E-state index contributed by atoms with van der Waals surface area (Å²) in [6.07, 6.45) is 5.08. The monoisotopic (exact) mass is 392 g/mol. The number of aromatic nitrogens is 3. The number of nitrogens with one attached hydrogen (secondary N) is 1. The molecule has 3 aromatic rings. The lowest BCUT2D eigenvalue weighted by atomic mass is 10.1. The summed E-state index contributed by atoms with van der Waals surface area (Å²) >= 11 is 0. The van der Waals surface area contributed by atoms with E-state index in [1.54, 1.807) is 18.5 Å². The van der Waals surface area contributed by atoms with E-state index in [1.165, 1.54) is 0 Å². The lowest BCUT2D eigenvalue weighted by Gasteiger charge is -2.31. The number of carbonyl (C=O) groups is 1. The Bertz CT molecular complexity index is 1010. The number of hydrogen-bond donors (Lipinski definition) is 1. The number of ether oxygens (including phenoxy) is 3. The van der Waals surface area contributed by atoms with Gasteiger partial charge in [0.25, 0.3) is 5.91 Å². The van der Waals surface area contributed by atoms with E-state index in [0.29, 0.717) is 30.2 Å². The van der Waals surface area contributed by atoms with Crippen molar-refractivity contribution in [1.29, 1.82) is 0 Å². The highest BCUT2D eigenvalue weighted by Crippen LogP contribution is 2.35. The molecule has 0 radical (unpaired) electrons. The molecule has 29 heavy (non-hydrogen) atoms. The molecule has 0 spiro atoms. The summed E-state index contributed by atoms with van der Waals surface area (Å²) < 4.78 is 16.7. The predicted octanol–water partition coefficient (Wildman–Crippen LogP) is 2.88. The number of pyridine rings is 1. The molecule has 0 unspecified atom stereocenters. The van der Waals surface area contributed by atoms with Crippen LogP contribution in [0.3, 0.4) is 0 Å². The fourth-order valence-electron chi connectivity index (χ4n) is 3.59. The molecule has 0 atom stereocenters. The van der Waals surface area contributed by atoms with Gasteiger partial charge in [-0.1, -0.05) is 0 Å². The second kappa shape index (κ2) is 7.46. The van der Waals surface area contributed by atoms with Crippen LogP contribution in [0.4, 0.5) is 0 Å². The topological polar surface area (TPSA) is 89.6 Å². The average molecular weight is 392 g/mol. The Morgan fingerprint density at radius 3 is 2.83 bits per heavy atom. The molecule has 2 aromatic heterocycles. The standard InChI is InChI=1S/C21H20N4O4/c26-21(25-8-5-15(6-9-25)29-16-2-1-7-22-12-16)18-11-17(23-24-18)14-3-4-19-20(10-14)28-13-27-19/h1-4,7,10-12,15H,5-6,8-9,13H2,(H,23,24). The highest BCUT2D eigenvalue weighted by atomic mass is 16.7. The van der Waals surface area contributed by atoms with Crippen molar-refractivity contribution in [2.45, 2.75) is 18.9 Å². The summed E-state index contributed by atoms with van der Waals surface area (Å²) in [6, 6.07) is 11.1. The van der Waals surface area contributed by atoms with E-state index >= 15 is 0 Å². The lowest BCUT2D eigenvalue weighted by molar-refractivity contribution is 0.0589. The fourth-order valence-corrected chi connectivity index (χ4v) is 3.59. The Morgan fingerprint density at radius 2 is 2.00 bits per heavy atom. The first-order valence-corrected chi connectivity index (χ1v) is 9.58. The highest BCUT2D eigenvalue weighted by molar-refractivity contribution is 5.93. The molecule has 8 nitrogen and oxygen atoms in total. The molecule has 1 saturated heterocycles. The summed E-state index contributed by atoms with van der Waals surface area (Å²) in [5.74, 6) is 2.12. The number of benzene rings is 1. The van der Waals surface area contributed by atoms with Gasteiger partial charge in [0.15, 0.2) is 11.5 Å². The van der Waals surface area contributed by atoms with E-state index in [9.17, 15) is 4.79 Å². The number of likely N-dealkylation sites (tertiary alicyclic amines) is 1. The summed E-state index contributed by atoms with van der Waals surface area (Å²) in [4.78, 5) is 18.8. The third-order valence-corrected chi connectivity index (χ3v) is 5.14.